The van der Waals surface area contributed by atoms with Crippen LogP contribution in [0, 0.1) is 16.0 Å². The van der Waals surface area contributed by atoms with Gasteiger partial charge in [-0.05, 0) is 12.3 Å². The van der Waals surface area contributed by atoms with Crippen molar-refractivity contribution in [2.24, 2.45) is 5.92 Å². The third-order valence-corrected chi connectivity index (χ3v) is 2.87. The van der Waals surface area contributed by atoms with Crippen LogP contribution < -0.4 is 5.32 Å². The van der Waals surface area contributed by atoms with Crippen LogP contribution in [0.2, 0.25) is 5.15 Å². The number of nitro groups is 1. The predicted octanol–water partition coefficient (Wildman–Crippen LogP) is 2.46. The number of aromatic nitrogens is 1. The molecule has 0 aliphatic carbocycles. The molecule has 0 aliphatic heterocycles. The monoisotopic (exact) mass is 273 g/mol. The van der Waals surface area contributed by atoms with Gasteiger partial charge in [-0.1, -0.05) is 24.9 Å². The fraction of sp³-hybridized carbons (Fsp3) is 0.545. The molecule has 0 bridgehead atoms. The molecule has 1 heterocycles. The number of pyridine rings is 1. The summed E-state index contributed by atoms with van der Waals surface area (Å²) in [6, 6.07) is 2.55. The fourth-order valence-corrected chi connectivity index (χ4v) is 1.76. The fourth-order valence-electron chi connectivity index (χ4n) is 1.56. The Morgan fingerprint density at radius 2 is 2.33 bits per heavy atom. The highest BCUT2D eigenvalue weighted by atomic mass is 35.5. The third kappa shape index (κ3) is 4.46. The smallest absolute Gasteiger partial charge is 0.276 e. The van der Waals surface area contributed by atoms with Gasteiger partial charge in [-0.3, -0.25) is 10.1 Å². The molecule has 0 amide bonds. The number of nitrogens with one attached hydrogen (secondary N) is 1. The normalized spacial score (nSPS) is 12.2. The van der Waals surface area contributed by atoms with Crippen LogP contribution in [0.25, 0.3) is 0 Å². The van der Waals surface area contributed by atoms with Crippen molar-refractivity contribution >= 4 is 23.1 Å². The molecule has 2 N–H and O–H groups in total. The first kappa shape index (κ1) is 14.7. The van der Waals surface area contributed by atoms with Gasteiger partial charge in [-0.15, -0.1) is 0 Å². The molecule has 0 saturated carbocycles. The number of halogens is 1. The zero-order valence-corrected chi connectivity index (χ0v) is 10.9. The lowest BCUT2D eigenvalue weighted by Gasteiger charge is -2.14. The Morgan fingerprint density at radius 1 is 1.61 bits per heavy atom. The van der Waals surface area contributed by atoms with Crippen LogP contribution in [0.3, 0.4) is 0 Å². The summed E-state index contributed by atoms with van der Waals surface area (Å²) < 4.78 is 0. The van der Waals surface area contributed by atoms with Crippen LogP contribution in [-0.4, -0.2) is 28.2 Å². The maximum atomic E-state index is 10.7. The Balaban J connectivity index is 2.69. The average Bonchev–Trinajstić information content (AvgIpc) is 2.33. The van der Waals surface area contributed by atoms with E-state index >= 15 is 0 Å². The second kappa shape index (κ2) is 7.13. The van der Waals surface area contributed by atoms with Crippen molar-refractivity contribution < 1.29 is 10.0 Å². The SMILES string of the molecule is CCC(CCO)CNc1cc([N+](=O)[O-])cc(Cl)n1. The molecule has 1 atom stereocenters. The highest BCUT2D eigenvalue weighted by Crippen LogP contribution is 2.21. The van der Waals surface area contributed by atoms with Gasteiger partial charge in [0.1, 0.15) is 11.0 Å². The second-order valence-electron chi connectivity index (χ2n) is 3.96. The van der Waals surface area contributed by atoms with Crippen molar-refractivity contribution in [3.05, 3.63) is 27.4 Å². The van der Waals surface area contributed by atoms with Crippen LogP contribution in [0.15, 0.2) is 12.1 Å². The number of nitrogens with zero attached hydrogens (tertiary/aromatic N) is 2. The van der Waals surface area contributed by atoms with Gasteiger partial charge in [-0.2, -0.15) is 0 Å². The molecule has 1 rings (SSSR count). The molecular weight excluding hydrogens is 258 g/mol. The molecule has 0 fully saturated rings. The number of aliphatic hydroxyl groups excluding tert-OH is 1. The Hall–Kier alpha value is -1.40. The van der Waals surface area contributed by atoms with Crippen LogP contribution in [0.4, 0.5) is 11.5 Å². The van der Waals surface area contributed by atoms with Crippen molar-refractivity contribution in [3.8, 4) is 0 Å². The summed E-state index contributed by atoms with van der Waals surface area (Å²) in [5.74, 6) is 0.681. The number of hydrogen-bond donors (Lipinski definition) is 2. The Bertz CT molecular complexity index is 415. The van der Waals surface area contributed by atoms with Gasteiger partial charge in [0.15, 0.2) is 0 Å². The molecule has 1 aromatic rings. The Kier molecular flexibility index (Phi) is 5.80. The highest BCUT2D eigenvalue weighted by molar-refractivity contribution is 6.29. The van der Waals surface area contributed by atoms with Crippen LogP contribution in [-0.2, 0) is 0 Å². The van der Waals surface area contributed by atoms with Gasteiger partial charge in [-0.25, -0.2) is 4.98 Å². The van der Waals surface area contributed by atoms with E-state index in [1.165, 1.54) is 12.1 Å². The van der Waals surface area contributed by atoms with Crippen molar-refractivity contribution in [1.82, 2.24) is 4.98 Å². The minimum absolute atomic E-state index is 0.0851. The lowest BCUT2D eigenvalue weighted by molar-refractivity contribution is -0.384. The van der Waals surface area contributed by atoms with Gasteiger partial charge in [0.05, 0.1) is 17.1 Å². The summed E-state index contributed by atoms with van der Waals surface area (Å²) in [6.45, 7) is 2.75. The van der Waals surface area contributed by atoms with Gasteiger partial charge < -0.3 is 10.4 Å². The average molecular weight is 274 g/mol. The number of aliphatic hydroxyl groups is 1. The molecule has 7 heteroatoms. The minimum Gasteiger partial charge on any atom is -0.396 e. The zero-order chi connectivity index (χ0) is 13.5. The van der Waals surface area contributed by atoms with E-state index in [4.69, 9.17) is 16.7 Å². The molecular formula is C11H16ClN3O3. The van der Waals surface area contributed by atoms with E-state index in [0.29, 0.717) is 24.7 Å². The van der Waals surface area contributed by atoms with E-state index in [2.05, 4.69) is 10.3 Å². The lowest BCUT2D eigenvalue weighted by Crippen LogP contribution is -2.15. The van der Waals surface area contributed by atoms with E-state index in [9.17, 15) is 10.1 Å². The summed E-state index contributed by atoms with van der Waals surface area (Å²) in [7, 11) is 0. The maximum Gasteiger partial charge on any atom is 0.276 e. The molecule has 0 aromatic carbocycles. The van der Waals surface area contributed by atoms with Crippen molar-refractivity contribution in [1.29, 1.82) is 0 Å². The van der Waals surface area contributed by atoms with Gasteiger partial charge in [0.2, 0.25) is 0 Å². The van der Waals surface area contributed by atoms with Crippen LogP contribution >= 0.6 is 11.6 Å². The summed E-state index contributed by atoms with van der Waals surface area (Å²) in [6.07, 6.45) is 1.60. The van der Waals surface area contributed by atoms with Crippen molar-refractivity contribution in [2.45, 2.75) is 19.8 Å². The number of rotatable bonds is 7. The van der Waals surface area contributed by atoms with Crippen molar-refractivity contribution in [2.75, 3.05) is 18.5 Å². The molecule has 0 spiro atoms. The number of hydrogen-bond acceptors (Lipinski definition) is 5. The molecule has 18 heavy (non-hydrogen) atoms. The van der Waals surface area contributed by atoms with Crippen LogP contribution in [0.1, 0.15) is 19.8 Å². The molecule has 1 unspecified atom stereocenters. The zero-order valence-electron chi connectivity index (χ0n) is 10.1. The quantitative estimate of drug-likeness (QED) is 0.453. The molecule has 0 radical (unpaired) electrons. The van der Waals surface area contributed by atoms with E-state index in [-0.39, 0.29) is 17.4 Å². The summed E-state index contributed by atoms with van der Waals surface area (Å²) in [5, 5.41) is 22.6. The third-order valence-electron chi connectivity index (χ3n) is 2.68. The first-order valence-electron chi connectivity index (χ1n) is 5.73. The highest BCUT2D eigenvalue weighted by Gasteiger charge is 2.11. The number of anilines is 1. The largest absolute Gasteiger partial charge is 0.396 e. The molecule has 100 valence electrons. The Labute approximate surface area is 110 Å². The van der Waals surface area contributed by atoms with Gasteiger partial charge in [0, 0.05) is 13.2 Å². The first-order chi connectivity index (χ1) is 8.56. The maximum absolute atomic E-state index is 10.7. The molecule has 0 aliphatic rings. The topological polar surface area (TPSA) is 88.3 Å². The predicted molar refractivity (Wildman–Crippen MR) is 69.9 cm³/mol. The van der Waals surface area contributed by atoms with Gasteiger partial charge in [0.25, 0.3) is 5.69 Å². The summed E-state index contributed by atoms with van der Waals surface area (Å²) >= 11 is 5.71. The molecule has 6 nitrogen and oxygen atoms in total. The summed E-state index contributed by atoms with van der Waals surface area (Å²) in [5.41, 5.74) is -0.0901. The van der Waals surface area contributed by atoms with E-state index < -0.39 is 4.92 Å². The standard InChI is InChI=1S/C11H16ClN3O3/c1-2-8(3-4-16)7-13-11-6-9(15(17)18)5-10(12)14-11/h5-6,8,16H,2-4,7H2,1H3,(H,13,14). The van der Waals surface area contributed by atoms with E-state index in [0.717, 1.165) is 6.42 Å². The van der Waals surface area contributed by atoms with E-state index in [1.807, 2.05) is 6.92 Å². The van der Waals surface area contributed by atoms with E-state index in [1.54, 1.807) is 0 Å². The molecule has 1 aromatic heterocycles. The van der Waals surface area contributed by atoms with Gasteiger partial charge >= 0.3 is 0 Å². The summed E-state index contributed by atoms with van der Waals surface area (Å²) in [4.78, 5) is 14.1. The minimum atomic E-state index is -0.510. The lowest BCUT2D eigenvalue weighted by atomic mass is 10.0. The second-order valence-corrected chi connectivity index (χ2v) is 4.35. The molecule has 0 saturated heterocycles. The Morgan fingerprint density at radius 3 is 2.89 bits per heavy atom. The van der Waals surface area contributed by atoms with Crippen molar-refractivity contribution in [3.63, 3.8) is 0 Å². The van der Waals surface area contributed by atoms with Crippen LogP contribution in [0.5, 0.6) is 0 Å². The first-order valence-corrected chi connectivity index (χ1v) is 6.11.